The van der Waals surface area contributed by atoms with Crippen LogP contribution in [0.3, 0.4) is 0 Å². The summed E-state index contributed by atoms with van der Waals surface area (Å²) in [5.41, 5.74) is -0.343. The Hall–Kier alpha value is -2.98. The van der Waals surface area contributed by atoms with Crippen molar-refractivity contribution in [3.63, 3.8) is 0 Å². The molecule has 29 heavy (non-hydrogen) atoms. The lowest BCUT2D eigenvalue weighted by molar-refractivity contribution is 0.0583. The van der Waals surface area contributed by atoms with Gasteiger partial charge in [-0.1, -0.05) is 11.6 Å². The third-order valence-electron chi connectivity index (χ3n) is 3.82. The summed E-state index contributed by atoms with van der Waals surface area (Å²) in [5.74, 6) is -1.28. The highest BCUT2D eigenvalue weighted by atomic mass is 35.5. The molecule has 0 amide bonds. The molecule has 2 aromatic rings. The van der Waals surface area contributed by atoms with Gasteiger partial charge in [-0.25, -0.2) is 18.0 Å². The van der Waals surface area contributed by atoms with Crippen LogP contribution in [-0.2, 0) is 19.5 Å². The monoisotopic (exact) mass is 443 g/mol. The zero-order valence-electron chi connectivity index (χ0n) is 15.9. The van der Waals surface area contributed by atoms with Crippen molar-refractivity contribution in [2.45, 2.75) is 4.90 Å². The van der Waals surface area contributed by atoms with Crippen molar-refractivity contribution in [1.29, 1.82) is 0 Å². The molecule has 0 saturated carbocycles. The molecule has 0 unspecified atom stereocenters. The second kappa shape index (κ2) is 9.01. The summed E-state index contributed by atoms with van der Waals surface area (Å²) in [7, 11) is 0.605. The van der Waals surface area contributed by atoms with Crippen LogP contribution in [0, 0.1) is 0 Å². The molecule has 0 spiro atoms. The van der Waals surface area contributed by atoms with E-state index in [1.807, 2.05) is 0 Å². The van der Waals surface area contributed by atoms with Crippen molar-refractivity contribution in [2.75, 3.05) is 33.2 Å². The molecule has 0 fully saturated rings. The summed E-state index contributed by atoms with van der Waals surface area (Å²) in [6, 6.07) is 6.11. The molecule has 0 aliphatic rings. The molecule has 2 rings (SSSR count). The third kappa shape index (κ3) is 4.72. The highest BCUT2D eigenvalue weighted by molar-refractivity contribution is 7.92. The first-order valence-corrected chi connectivity index (χ1v) is 9.79. The highest BCUT2D eigenvalue weighted by Crippen LogP contribution is 2.37. The minimum Gasteiger partial charge on any atom is -0.495 e. The molecule has 0 radical (unpaired) electrons. The van der Waals surface area contributed by atoms with Crippen molar-refractivity contribution in [3.8, 4) is 11.5 Å². The summed E-state index contributed by atoms with van der Waals surface area (Å²) in [4.78, 5) is 23.4. The van der Waals surface area contributed by atoms with Gasteiger partial charge in [0.05, 0.1) is 50.3 Å². The Bertz CT molecular complexity index is 1050. The van der Waals surface area contributed by atoms with Gasteiger partial charge in [-0.3, -0.25) is 4.72 Å². The number of hydrogen-bond donors (Lipinski definition) is 1. The first-order chi connectivity index (χ1) is 13.7. The van der Waals surface area contributed by atoms with Crippen molar-refractivity contribution in [1.82, 2.24) is 0 Å². The van der Waals surface area contributed by atoms with Crippen LogP contribution in [0.2, 0.25) is 5.02 Å². The summed E-state index contributed by atoms with van der Waals surface area (Å²) < 4.78 is 47.9. The molecule has 0 aliphatic heterocycles. The van der Waals surface area contributed by atoms with E-state index in [2.05, 4.69) is 14.2 Å². The SMILES string of the molecule is COC(=O)c1ccc(C(=O)OC)c(S(=O)(=O)Nc2cc(Cl)c(OC)cc2OC)c1. The zero-order valence-corrected chi connectivity index (χ0v) is 17.5. The zero-order chi connectivity index (χ0) is 21.8. The number of sulfonamides is 1. The molecule has 9 nitrogen and oxygen atoms in total. The van der Waals surface area contributed by atoms with E-state index >= 15 is 0 Å². The van der Waals surface area contributed by atoms with E-state index in [4.69, 9.17) is 21.1 Å². The lowest BCUT2D eigenvalue weighted by Gasteiger charge is -2.16. The van der Waals surface area contributed by atoms with Gasteiger partial charge in [0.25, 0.3) is 10.0 Å². The molecule has 0 heterocycles. The maximum atomic E-state index is 13.0. The number of rotatable bonds is 7. The maximum absolute atomic E-state index is 13.0. The number of benzene rings is 2. The third-order valence-corrected chi connectivity index (χ3v) is 5.52. The van der Waals surface area contributed by atoms with Crippen LogP contribution < -0.4 is 14.2 Å². The van der Waals surface area contributed by atoms with Crippen molar-refractivity contribution in [2.24, 2.45) is 0 Å². The Morgan fingerprint density at radius 1 is 0.897 bits per heavy atom. The molecular weight excluding hydrogens is 426 g/mol. The lowest BCUT2D eigenvalue weighted by Crippen LogP contribution is -2.19. The molecular formula is C18H18ClNO8S. The Labute approximate surface area is 172 Å². The number of ether oxygens (including phenoxy) is 4. The first kappa shape index (κ1) is 22.3. The molecule has 0 bridgehead atoms. The average Bonchev–Trinajstić information content (AvgIpc) is 2.72. The minimum absolute atomic E-state index is 0.00223. The van der Waals surface area contributed by atoms with E-state index in [1.54, 1.807) is 0 Å². The topological polar surface area (TPSA) is 117 Å². The molecule has 0 aliphatic carbocycles. The smallest absolute Gasteiger partial charge is 0.339 e. The Kier molecular flexibility index (Phi) is 6.93. The fraction of sp³-hybridized carbons (Fsp3) is 0.222. The van der Waals surface area contributed by atoms with Gasteiger partial charge in [-0.05, 0) is 24.3 Å². The van der Waals surface area contributed by atoms with Crippen LogP contribution in [0.4, 0.5) is 5.69 Å². The predicted molar refractivity (Wildman–Crippen MR) is 104 cm³/mol. The number of carbonyl (C=O) groups excluding carboxylic acids is 2. The van der Waals surface area contributed by atoms with Crippen molar-refractivity contribution in [3.05, 3.63) is 46.5 Å². The van der Waals surface area contributed by atoms with Crippen LogP contribution in [0.15, 0.2) is 35.2 Å². The molecule has 2 aromatic carbocycles. The summed E-state index contributed by atoms with van der Waals surface area (Å²) in [6.07, 6.45) is 0. The second-order valence-corrected chi connectivity index (χ2v) is 7.54. The number of esters is 2. The van der Waals surface area contributed by atoms with Gasteiger partial charge in [0.15, 0.2) is 0 Å². The van der Waals surface area contributed by atoms with Crippen molar-refractivity contribution < 1.29 is 37.0 Å². The first-order valence-electron chi connectivity index (χ1n) is 7.93. The molecule has 156 valence electrons. The standard InChI is InChI=1S/C18H18ClNO8S/c1-25-14-9-15(26-2)13(8-12(14)19)20-29(23,24)16-7-10(17(21)27-3)5-6-11(16)18(22)28-4/h5-9,20H,1-4H3. The van der Waals surface area contributed by atoms with E-state index in [0.717, 1.165) is 26.4 Å². The van der Waals surface area contributed by atoms with Crippen LogP contribution in [0.25, 0.3) is 0 Å². The normalized spacial score (nSPS) is 10.8. The molecule has 1 N–H and O–H groups in total. The fourth-order valence-corrected chi connectivity index (χ4v) is 3.93. The number of methoxy groups -OCH3 is 4. The number of carbonyl (C=O) groups is 2. The largest absolute Gasteiger partial charge is 0.495 e. The van der Waals surface area contributed by atoms with E-state index in [-0.39, 0.29) is 33.3 Å². The number of hydrogen-bond acceptors (Lipinski definition) is 8. The fourth-order valence-electron chi connectivity index (χ4n) is 2.41. The average molecular weight is 444 g/mol. The molecule has 0 saturated heterocycles. The van der Waals surface area contributed by atoms with Crippen LogP contribution in [0.1, 0.15) is 20.7 Å². The second-order valence-electron chi connectivity index (χ2n) is 5.49. The summed E-state index contributed by atoms with van der Waals surface area (Å²) >= 11 is 6.07. The van der Waals surface area contributed by atoms with E-state index in [1.165, 1.54) is 32.4 Å². The Morgan fingerprint density at radius 2 is 1.52 bits per heavy atom. The van der Waals surface area contributed by atoms with E-state index in [0.29, 0.717) is 0 Å². The molecule has 0 aromatic heterocycles. The van der Waals surface area contributed by atoms with Crippen LogP contribution in [-0.4, -0.2) is 48.8 Å². The molecule has 0 atom stereocenters. The van der Waals surface area contributed by atoms with Crippen LogP contribution >= 0.6 is 11.6 Å². The number of anilines is 1. The number of halogens is 1. The van der Waals surface area contributed by atoms with Gasteiger partial charge in [0.2, 0.25) is 0 Å². The summed E-state index contributed by atoms with van der Waals surface area (Å²) in [6.45, 7) is 0. The van der Waals surface area contributed by atoms with Gasteiger partial charge in [0.1, 0.15) is 16.4 Å². The maximum Gasteiger partial charge on any atom is 0.339 e. The van der Waals surface area contributed by atoms with Gasteiger partial charge >= 0.3 is 11.9 Å². The van der Waals surface area contributed by atoms with E-state index < -0.39 is 26.9 Å². The van der Waals surface area contributed by atoms with Gasteiger partial charge in [-0.15, -0.1) is 0 Å². The Balaban J connectivity index is 2.62. The van der Waals surface area contributed by atoms with Crippen molar-refractivity contribution >= 4 is 39.3 Å². The quantitative estimate of drug-likeness (QED) is 0.649. The van der Waals surface area contributed by atoms with Gasteiger partial charge in [0, 0.05) is 6.07 Å². The minimum atomic E-state index is -4.37. The Morgan fingerprint density at radius 3 is 2.07 bits per heavy atom. The lowest BCUT2D eigenvalue weighted by atomic mass is 10.1. The van der Waals surface area contributed by atoms with E-state index in [9.17, 15) is 18.0 Å². The van der Waals surface area contributed by atoms with Crippen LogP contribution in [0.5, 0.6) is 11.5 Å². The van der Waals surface area contributed by atoms with Gasteiger partial charge < -0.3 is 18.9 Å². The highest BCUT2D eigenvalue weighted by Gasteiger charge is 2.26. The van der Waals surface area contributed by atoms with Gasteiger partial charge in [-0.2, -0.15) is 0 Å². The number of nitrogens with one attached hydrogen (secondary N) is 1. The summed E-state index contributed by atoms with van der Waals surface area (Å²) in [5, 5.41) is 0.127. The molecule has 11 heteroatoms. The predicted octanol–water partition coefficient (Wildman–Crippen LogP) is 2.73.